The molecule has 0 radical (unpaired) electrons. The van der Waals surface area contributed by atoms with Crippen molar-refractivity contribution in [1.82, 2.24) is 10.6 Å². The van der Waals surface area contributed by atoms with Gasteiger partial charge in [-0.05, 0) is 41.5 Å². The van der Waals surface area contributed by atoms with Gasteiger partial charge < -0.3 is 11.1 Å². The Morgan fingerprint density at radius 2 is 1.94 bits per heavy atom. The fraction of sp³-hybridized carbons (Fsp3) is 0.769. The third-order valence-corrected chi connectivity index (χ3v) is 2.76. The third kappa shape index (κ3) is 3.82. The first kappa shape index (κ1) is 14.2. The van der Waals surface area contributed by atoms with Crippen LogP contribution in [-0.2, 0) is 4.79 Å². The smallest absolute Gasteiger partial charge is 0.248 e. The van der Waals surface area contributed by atoms with Crippen LogP contribution in [0.25, 0.3) is 0 Å². The molecule has 0 aromatic heterocycles. The molecule has 4 heteroatoms. The van der Waals surface area contributed by atoms with Gasteiger partial charge in [-0.3, -0.25) is 10.1 Å². The molecular weight excluding hydrogens is 214 g/mol. The highest BCUT2D eigenvalue weighted by Crippen LogP contribution is 2.29. The quantitative estimate of drug-likeness (QED) is 0.686. The standard InChI is InChI=1S/C13H25N3O/c1-11(2,14)8-15-10(17)9-7-12(3,4)16-13(9,5)6/h7,16H,8,14H2,1-6H3,(H,15,17). The molecule has 0 fully saturated rings. The normalized spacial score (nSPS) is 22.2. The fourth-order valence-electron chi connectivity index (χ4n) is 2.20. The van der Waals surface area contributed by atoms with E-state index >= 15 is 0 Å². The van der Waals surface area contributed by atoms with Crippen molar-refractivity contribution in [2.75, 3.05) is 6.54 Å². The van der Waals surface area contributed by atoms with Crippen LogP contribution in [0.3, 0.4) is 0 Å². The van der Waals surface area contributed by atoms with Crippen LogP contribution < -0.4 is 16.4 Å². The van der Waals surface area contributed by atoms with Gasteiger partial charge in [-0.1, -0.05) is 6.08 Å². The van der Waals surface area contributed by atoms with Crippen molar-refractivity contribution in [3.05, 3.63) is 11.6 Å². The summed E-state index contributed by atoms with van der Waals surface area (Å²) in [6, 6.07) is 0. The van der Waals surface area contributed by atoms with E-state index in [-0.39, 0.29) is 22.5 Å². The Hall–Kier alpha value is -0.870. The Bertz CT molecular complexity index is 348. The molecule has 1 amide bonds. The average molecular weight is 239 g/mol. The summed E-state index contributed by atoms with van der Waals surface area (Å²) in [4.78, 5) is 12.1. The van der Waals surface area contributed by atoms with E-state index < -0.39 is 0 Å². The Morgan fingerprint density at radius 1 is 1.41 bits per heavy atom. The van der Waals surface area contributed by atoms with E-state index in [0.29, 0.717) is 6.54 Å². The number of hydrogen-bond acceptors (Lipinski definition) is 3. The SMILES string of the molecule is CC(C)(N)CNC(=O)C1=CC(C)(C)NC1(C)C. The van der Waals surface area contributed by atoms with Crippen LogP contribution in [0.2, 0.25) is 0 Å². The summed E-state index contributed by atoms with van der Waals surface area (Å²) in [5.41, 5.74) is 5.81. The summed E-state index contributed by atoms with van der Waals surface area (Å²) < 4.78 is 0. The third-order valence-electron chi connectivity index (χ3n) is 2.76. The summed E-state index contributed by atoms with van der Waals surface area (Å²) in [6.07, 6.45) is 1.99. The summed E-state index contributed by atoms with van der Waals surface area (Å²) >= 11 is 0. The lowest BCUT2D eigenvalue weighted by Gasteiger charge is -2.28. The minimum Gasteiger partial charge on any atom is -0.350 e. The predicted octanol–water partition coefficient (Wildman–Crippen LogP) is 0.927. The molecule has 1 heterocycles. The fourth-order valence-corrected chi connectivity index (χ4v) is 2.20. The van der Waals surface area contributed by atoms with Crippen molar-refractivity contribution in [1.29, 1.82) is 0 Å². The van der Waals surface area contributed by atoms with E-state index in [9.17, 15) is 4.79 Å². The summed E-state index contributed by atoms with van der Waals surface area (Å²) in [5.74, 6) is -0.0356. The van der Waals surface area contributed by atoms with E-state index in [4.69, 9.17) is 5.73 Å². The molecule has 0 aromatic rings. The van der Waals surface area contributed by atoms with E-state index in [2.05, 4.69) is 24.5 Å². The molecule has 0 saturated heterocycles. The zero-order valence-corrected chi connectivity index (χ0v) is 11.8. The lowest BCUT2D eigenvalue weighted by atomic mass is 9.95. The minimum atomic E-state index is -0.387. The highest BCUT2D eigenvalue weighted by Gasteiger charge is 2.40. The maximum atomic E-state index is 12.1. The van der Waals surface area contributed by atoms with Crippen LogP contribution >= 0.6 is 0 Å². The van der Waals surface area contributed by atoms with Crippen LogP contribution in [0.15, 0.2) is 11.6 Å². The molecule has 1 aliphatic rings. The molecule has 0 aromatic carbocycles. The number of amides is 1. The van der Waals surface area contributed by atoms with Gasteiger partial charge in [0.15, 0.2) is 0 Å². The number of carbonyl (C=O) groups excluding carboxylic acids is 1. The Labute approximate surface area is 104 Å². The monoisotopic (exact) mass is 239 g/mol. The predicted molar refractivity (Wildman–Crippen MR) is 70.7 cm³/mol. The van der Waals surface area contributed by atoms with Gasteiger partial charge in [0.05, 0.1) is 0 Å². The highest BCUT2D eigenvalue weighted by molar-refractivity contribution is 5.96. The van der Waals surface area contributed by atoms with E-state index in [1.54, 1.807) is 0 Å². The second kappa shape index (κ2) is 4.10. The van der Waals surface area contributed by atoms with Crippen molar-refractivity contribution in [3.63, 3.8) is 0 Å². The maximum Gasteiger partial charge on any atom is 0.248 e. The van der Waals surface area contributed by atoms with Gasteiger partial charge in [-0.25, -0.2) is 0 Å². The van der Waals surface area contributed by atoms with Gasteiger partial charge in [0.1, 0.15) is 0 Å². The van der Waals surface area contributed by atoms with Crippen molar-refractivity contribution < 1.29 is 4.79 Å². The van der Waals surface area contributed by atoms with Crippen LogP contribution in [0.5, 0.6) is 0 Å². The molecule has 0 atom stereocenters. The average Bonchev–Trinajstić information content (AvgIpc) is 2.29. The first-order valence-corrected chi connectivity index (χ1v) is 6.03. The molecule has 4 nitrogen and oxygen atoms in total. The lowest BCUT2D eigenvalue weighted by Crippen LogP contribution is -2.50. The van der Waals surface area contributed by atoms with Crippen LogP contribution in [0, 0.1) is 0 Å². The van der Waals surface area contributed by atoms with Gasteiger partial charge in [-0.15, -0.1) is 0 Å². The highest BCUT2D eigenvalue weighted by atomic mass is 16.1. The van der Waals surface area contributed by atoms with Crippen molar-refractivity contribution in [2.45, 2.75) is 58.2 Å². The molecule has 1 aliphatic heterocycles. The first-order valence-electron chi connectivity index (χ1n) is 6.03. The Kier molecular flexibility index (Phi) is 3.43. The Balaban J connectivity index is 2.76. The molecule has 98 valence electrons. The number of nitrogens with two attached hydrogens (primary N) is 1. The van der Waals surface area contributed by atoms with Crippen LogP contribution in [0.1, 0.15) is 41.5 Å². The molecular formula is C13H25N3O. The molecule has 4 N–H and O–H groups in total. The topological polar surface area (TPSA) is 67.1 Å². The molecule has 0 saturated carbocycles. The lowest BCUT2D eigenvalue weighted by molar-refractivity contribution is -0.118. The van der Waals surface area contributed by atoms with Crippen molar-refractivity contribution >= 4 is 5.91 Å². The second-order valence-corrected chi connectivity index (χ2v) is 6.70. The van der Waals surface area contributed by atoms with Crippen molar-refractivity contribution in [2.24, 2.45) is 5.73 Å². The number of rotatable bonds is 3. The number of hydrogen-bond donors (Lipinski definition) is 3. The zero-order chi connectivity index (χ0) is 13.5. The molecule has 1 rings (SSSR count). The number of carbonyl (C=O) groups is 1. The largest absolute Gasteiger partial charge is 0.350 e. The Morgan fingerprint density at radius 3 is 2.29 bits per heavy atom. The van der Waals surface area contributed by atoms with Crippen LogP contribution in [0.4, 0.5) is 0 Å². The van der Waals surface area contributed by atoms with Gasteiger partial charge >= 0.3 is 0 Å². The molecule has 17 heavy (non-hydrogen) atoms. The number of nitrogens with one attached hydrogen (secondary N) is 2. The summed E-state index contributed by atoms with van der Waals surface area (Å²) in [7, 11) is 0. The van der Waals surface area contributed by atoms with Crippen LogP contribution in [-0.4, -0.2) is 29.1 Å². The van der Waals surface area contributed by atoms with E-state index in [1.165, 1.54) is 0 Å². The molecule has 0 aliphatic carbocycles. The first-order chi connectivity index (χ1) is 7.43. The molecule has 0 unspecified atom stereocenters. The van der Waals surface area contributed by atoms with E-state index in [0.717, 1.165) is 5.57 Å². The summed E-state index contributed by atoms with van der Waals surface area (Å²) in [5, 5.41) is 6.30. The second-order valence-electron chi connectivity index (χ2n) is 6.70. The van der Waals surface area contributed by atoms with Gasteiger partial charge in [0.2, 0.25) is 5.91 Å². The van der Waals surface area contributed by atoms with E-state index in [1.807, 2.05) is 33.8 Å². The molecule has 0 spiro atoms. The molecule has 0 bridgehead atoms. The summed E-state index contributed by atoms with van der Waals surface area (Å²) in [6.45, 7) is 12.4. The van der Waals surface area contributed by atoms with Gasteiger partial charge in [0, 0.05) is 28.7 Å². The minimum absolute atomic E-state index is 0.0356. The zero-order valence-electron chi connectivity index (χ0n) is 11.8. The van der Waals surface area contributed by atoms with Crippen molar-refractivity contribution in [3.8, 4) is 0 Å². The maximum absolute atomic E-state index is 12.1. The van der Waals surface area contributed by atoms with Gasteiger partial charge in [0.25, 0.3) is 0 Å². The van der Waals surface area contributed by atoms with Gasteiger partial charge in [-0.2, -0.15) is 0 Å².